The zero-order valence-electron chi connectivity index (χ0n) is 17.6. The Balaban J connectivity index is 1.50. The summed E-state index contributed by atoms with van der Waals surface area (Å²) >= 11 is 1.12. The number of methoxy groups -OCH3 is 1. The van der Waals surface area contributed by atoms with Crippen LogP contribution < -0.4 is 14.8 Å². The summed E-state index contributed by atoms with van der Waals surface area (Å²) in [5, 5.41) is 2.67. The van der Waals surface area contributed by atoms with E-state index in [1.165, 1.54) is 29.6 Å². The molecule has 0 spiro atoms. The summed E-state index contributed by atoms with van der Waals surface area (Å²) in [4.78, 5) is 17.8. The number of carbonyl (C=O) groups excluding carboxylic acids is 1. The molecule has 1 fully saturated rings. The molecule has 1 aliphatic rings. The number of ether oxygens (including phenoxy) is 2. The van der Waals surface area contributed by atoms with Crippen LogP contribution in [0.5, 0.6) is 5.75 Å². The molecule has 2 N–H and O–H groups in total. The first-order valence-electron chi connectivity index (χ1n) is 9.80. The van der Waals surface area contributed by atoms with Gasteiger partial charge < -0.3 is 19.4 Å². The summed E-state index contributed by atoms with van der Waals surface area (Å²) in [5.74, 6) is 0.345. The Kier molecular flexibility index (Phi) is 6.55. The maximum atomic E-state index is 13.0. The molecular formula is C20H23N5O5S2. The highest BCUT2D eigenvalue weighted by molar-refractivity contribution is 7.98. The van der Waals surface area contributed by atoms with Crippen molar-refractivity contribution in [1.82, 2.24) is 18.6 Å². The molecular weight excluding hydrogens is 454 g/mol. The van der Waals surface area contributed by atoms with Crippen molar-refractivity contribution in [2.45, 2.75) is 9.79 Å². The summed E-state index contributed by atoms with van der Waals surface area (Å²) in [7, 11) is -0.366. The molecule has 4 rings (SSSR count). The van der Waals surface area contributed by atoms with Crippen molar-refractivity contribution in [3.8, 4) is 5.75 Å². The number of sulfonamides is 1. The molecule has 0 saturated carbocycles. The Bertz CT molecular complexity index is 1240. The Morgan fingerprint density at radius 3 is 2.75 bits per heavy atom. The normalized spacial score (nSPS) is 14.9. The van der Waals surface area contributed by atoms with Crippen molar-refractivity contribution in [2.24, 2.45) is 7.05 Å². The van der Waals surface area contributed by atoms with Crippen LogP contribution in [0.15, 0.2) is 52.5 Å². The second-order valence-electron chi connectivity index (χ2n) is 7.02. The minimum absolute atomic E-state index is 0.0707. The topological polar surface area (TPSA) is 115 Å². The smallest absolute Gasteiger partial charge is 0.329 e. The van der Waals surface area contributed by atoms with Gasteiger partial charge in [0.1, 0.15) is 11.3 Å². The molecule has 10 nitrogen and oxygen atoms in total. The lowest BCUT2D eigenvalue weighted by Crippen LogP contribution is -2.40. The molecule has 2 aromatic carbocycles. The number of aryl methyl sites for hydroxylation is 1. The number of hydrogen-bond acceptors (Lipinski definition) is 7. The van der Waals surface area contributed by atoms with Crippen LogP contribution in [0.1, 0.15) is 0 Å². The molecule has 12 heteroatoms. The van der Waals surface area contributed by atoms with Gasteiger partial charge in [0, 0.05) is 20.1 Å². The van der Waals surface area contributed by atoms with Crippen molar-refractivity contribution in [3.63, 3.8) is 0 Å². The molecule has 0 bridgehead atoms. The number of anilines is 1. The van der Waals surface area contributed by atoms with Crippen LogP contribution in [0.25, 0.3) is 11.0 Å². The van der Waals surface area contributed by atoms with Crippen LogP contribution in [0, 0.1) is 0 Å². The quantitative estimate of drug-likeness (QED) is 0.524. The van der Waals surface area contributed by atoms with Crippen LogP contribution in [0.3, 0.4) is 0 Å². The van der Waals surface area contributed by atoms with E-state index in [1.54, 1.807) is 6.33 Å². The fraction of sp³-hybridized carbons (Fsp3) is 0.300. The van der Waals surface area contributed by atoms with Gasteiger partial charge in [-0.3, -0.25) is 4.72 Å². The number of benzene rings is 2. The van der Waals surface area contributed by atoms with E-state index in [1.807, 2.05) is 29.8 Å². The number of morpholine rings is 1. The van der Waals surface area contributed by atoms with Gasteiger partial charge in [-0.2, -0.15) is 4.31 Å². The summed E-state index contributed by atoms with van der Waals surface area (Å²) in [5.41, 5.74) is 1.97. The highest BCUT2D eigenvalue weighted by Crippen LogP contribution is 2.30. The van der Waals surface area contributed by atoms with Gasteiger partial charge in [-0.1, -0.05) is 6.07 Å². The molecule has 0 atom stereocenters. The number of carbonyl (C=O) groups is 1. The average molecular weight is 478 g/mol. The largest absolute Gasteiger partial charge is 0.495 e. The van der Waals surface area contributed by atoms with E-state index in [0.29, 0.717) is 19.0 Å². The predicted octanol–water partition coefficient (Wildman–Crippen LogP) is 2.43. The summed E-state index contributed by atoms with van der Waals surface area (Å²) in [6.45, 7) is 1.27. The lowest BCUT2D eigenvalue weighted by Gasteiger charge is -2.26. The van der Waals surface area contributed by atoms with Crippen molar-refractivity contribution in [3.05, 3.63) is 42.7 Å². The molecule has 32 heavy (non-hydrogen) atoms. The van der Waals surface area contributed by atoms with Crippen LogP contribution in [-0.2, 0) is 21.8 Å². The molecule has 1 aliphatic heterocycles. The lowest BCUT2D eigenvalue weighted by molar-refractivity contribution is 0.0730. The zero-order valence-corrected chi connectivity index (χ0v) is 19.2. The molecule has 2 heterocycles. The fourth-order valence-corrected chi connectivity index (χ4v) is 5.43. The maximum Gasteiger partial charge on any atom is 0.329 e. The first-order chi connectivity index (χ1) is 15.4. The third kappa shape index (κ3) is 4.53. The molecule has 1 saturated heterocycles. The minimum Gasteiger partial charge on any atom is -0.495 e. The van der Waals surface area contributed by atoms with E-state index in [2.05, 4.69) is 15.0 Å². The number of urea groups is 1. The van der Waals surface area contributed by atoms with Crippen molar-refractivity contribution in [2.75, 3.05) is 38.7 Å². The number of nitrogens with one attached hydrogen (secondary N) is 2. The van der Waals surface area contributed by atoms with Gasteiger partial charge in [-0.15, -0.1) is 0 Å². The Morgan fingerprint density at radius 2 is 2.00 bits per heavy atom. The number of rotatable bonds is 6. The number of para-hydroxylation sites is 1. The number of nitrogens with zero attached hydrogens (tertiary/aromatic N) is 3. The van der Waals surface area contributed by atoms with Gasteiger partial charge >= 0.3 is 6.03 Å². The zero-order chi connectivity index (χ0) is 22.7. The molecule has 1 aromatic heterocycles. The van der Waals surface area contributed by atoms with E-state index in [0.717, 1.165) is 27.9 Å². The van der Waals surface area contributed by atoms with Crippen LogP contribution >= 0.6 is 11.9 Å². The lowest BCUT2D eigenvalue weighted by atomic mass is 10.3. The Morgan fingerprint density at radius 1 is 1.22 bits per heavy atom. The van der Waals surface area contributed by atoms with Gasteiger partial charge in [-0.05, 0) is 42.3 Å². The van der Waals surface area contributed by atoms with E-state index in [9.17, 15) is 13.2 Å². The van der Waals surface area contributed by atoms with Crippen molar-refractivity contribution < 1.29 is 22.7 Å². The van der Waals surface area contributed by atoms with E-state index < -0.39 is 16.1 Å². The molecule has 0 unspecified atom stereocenters. The minimum atomic E-state index is -3.71. The second-order valence-corrected chi connectivity index (χ2v) is 9.80. The van der Waals surface area contributed by atoms with Gasteiger partial charge in [0.15, 0.2) is 0 Å². The van der Waals surface area contributed by atoms with E-state index >= 15 is 0 Å². The standard InChI is InChI=1S/C20H23N5O5S2/c1-24-13-21-19-16(24)4-3-5-18(19)31-23-20(26)22-15-12-14(6-7-17(15)29-2)32(27,28)25-8-10-30-11-9-25/h3-7,12-13H,8-11H2,1-2H3,(H2,22,23,26). The molecule has 3 aromatic rings. The summed E-state index contributed by atoms with van der Waals surface area (Å²) in [6.07, 6.45) is 1.71. The van der Waals surface area contributed by atoms with E-state index in [4.69, 9.17) is 9.47 Å². The van der Waals surface area contributed by atoms with Crippen LogP contribution in [0.4, 0.5) is 10.5 Å². The Labute approximate surface area is 190 Å². The molecule has 170 valence electrons. The van der Waals surface area contributed by atoms with Crippen molar-refractivity contribution >= 4 is 44.7 Å². The number of fused-ring (bicyclic) bond motifs is 1. The first-order valence-corrected chi connectivity index (χ1v) is 12.1. The SMILES string of the molecule is COc1ccc(S(=O)(=O)N2CCOCC2)cc1NC(=O)NSc1cccc2c1ncn2C. The van der Waals surface area contributed by atoms with Crippen LogP contribution in [0.2, 0.25) is 0 Å². The predicted molar refractivity (Wildman–Crippen MR) is 121 cm³/mol. The third-order valence-corrected chi connectivity index (χ3v) is 7.73. The average Bonchev–Trinajstić information content (AvgIpc) is 3.19. The van der Waals surface area contributed by atoms with Crippen LogP contribution in [-0.4, -0.2) is 61.7 Å². The maximum absolute atomic E-state index is 13.0. The van der Waals surface area contributed by atoms with Crippen molar-refractivity contribution in [1.29, 1.82) is 0 Å². The molecule has 0 radical (unpaired) electrons. The van der Waals surface area contributed by atoms with Gasteiger partial charge in [0.25, 0.3) is 0 Å². The molecule has 0 aliphatic carbocycles. The monoisotopic (exact) mass is 477 g/mol. The van der Waals surface area contributed by atoms with Gasteiger partial charge in [-0.25, -0.2) is 18.2 Å². The van der Waals surface area contributed by atoms with E-state index in [-0.39, 0.29) is 23.7 Å². The number of amides is 2. The van der Waals surface area contributed by atoms with Gasteiger partial charge in [0.2, 0.25) is 10.0 Å². The number of imidazole rings is 1. The number of hydrogen-bond donors (Lipinski definition) is 2. The highest BCUT2D eigenvalue weighted by Gasteiger charge is 2.27. The summed E-state index contributed by atoms with van der Waals surface area (Å²) in [6, 6.07) is 9.53. The fourth-order valence-electron chi connectivity index (χ4n) is 3.34. The molecule has 2 amide bonds. The highest BCUT2D eigenvalue weighted by atomic mass is 32.2. The summed E-state index contributed by atoms with van der Waals surface area (Å²) < 4.78 is 42.4. The van der Waals surface area contributed by atoms with Gasteiger partial charge in [0.05, 0.1) is 47.6 Å². The first kappa shape index (κ1) is 22.4. The number of aromatic nitrogens is 2. The Hall–Kier alpha value is -2.80. The third-order valence-electron chi connectivity index (χ3n) is 5.00. The second kappa shape index (κ2) is 9.36.